The van der Waals surface area contributed by atoms with Gasteiger partial charge in [0, 0.05) is 27.2 Å². The van der Waals surface area contributed by atoms with E-state index < -0.39 is 17.2 Å². The number of rotatable bonds is 5. The Labute approximate surface area is 186 Å². The van der Waals surface area contributed by atoms with Crippen LogP contribution in [0.2, 0.25) is 5.02 Å². The van der Waals surface area contributed by atoms with E-state index in [0.29, 0.717) is 32.6 Å². The highest BCUT2D eigenvalue weighted by molar-refractivity contribution is 7.99. The lowest BCUT2D eigenvalue weighted by Crippen LogP contribution is -2.17. The highest BCUT2D eigenvalue weighted by atomic mass is 35.5. The third kappa shape index (κ3) is 4.79. The zero-order valence-corrected chi connectivity index (χ0v) is 18.1. The van der Waals surface area contributed by atoms with Gasteiger partial charge in [0.05, 0.1) is 5.69 Å². The van der Waals surface area contributed by atoms with Crippen molar-refractivity contribution in [3.63, 3.8) is 0 Å². The second-order valence-electron chi connectivity index (χ2n) is 7.33. The number of aliphatic hydroxyl groups is 1. The minimum atomic E-state index is -1.08. The molecule has 0 radical (unpaired) electrons. The molecular weight excluding hydrogens is 442 g/mol. The van der Waals surface area contributed by atoms with Crippen molar-refractivity contribution in [2.45, 2.75) is 29.4 Å². The lowest BCUT2D eigenvalue weighted by Gasteiger charge is -2.16. The third-order valence-corrected chi connectivity index (χ3v) is 5.67. The van der Waals surface area contributed by atoms with Crippen LogP contribution in [0.15, 0.2) is 75.2 Å². The summed E-state index contributed by atoms with van der Waals surface area (Å²) in [6.07, 6.45) is 1.59. The highest BCUT2D eigenvalue weighted by Gasteiger charge is 2.21. The first-order valence-electron chi connectivity index (χ1n) is 9.29. The lowest BCUT2D eigenvalue weighted by molar-refractivity contribution is 0.0739. The summed E-state index contributed by atoms with van der Waals surface area (Å²) in [5.41, 5.74) is 0.883. The van der Waals surface area contributed by atoms with E-state index >= 15 is 0 Å². The van der Waals surface area contributed by atoms with E-state index in [9.17, 15) is 13.9 Å². The summed E-state index contributed by atoms with van der Waals surface area (Å²) in [5.74, 6) is -1.78. The molecule has 0 fully saturated rings. The smallest absolute Gasteiger partial charge is 0.228 e. The molecule has 0 aliphatic carbocycles. The Morgan fingerprint density at radius 1 is 0.968 bits per heavy atom. The van der Waals surface area contributed by atoms with Crippen molar-refractivity contribution in [3.05, 3.63) is 83.1 Å². The van der Waals surface area contributed by atoms with E-state index in [1.165, 1.54) is 17.8 Å². The molecule has 2 aromatic carbocycles. The van der Waals surface area contributed by atoms with Crippen molar-refractivity contribution >= 4 is 23.4 Å². The Balaban J connectivity index is 1.78. The van der Waals surface area contributed by atoms with Crippen molar-refractivity contribution in [1.82, 2.24) is 9.97 Å². The molecule has 0 aliphatic rings. The Hall–Kier alpha value is -2.74. The van der Waals surface area contributed by atoms with E-state index in [-0.39, 0.29) is 5.89 Å². The molecule has 0 unspecified atom stereocenters. The molecule has 0 saturated carbocycles. The van der Waals surface area contributed by atoms with Crippen LogP contribution in [0.25, 0.3) is 22.7 Å². The van der Waals surface area contributed by atoms with Crippen molar-refractivity contribution in [2.75, 3.05) is 0 Å². The zero-order chi connectivity index (χ0) is 22.2. The van der Waals surface area contributed by atoms with Gasteiger partial charge >= 0.3 is 0 Å². The van der Waals surface area contributed by atoms with Gasteiger partial charge in [-0.1, -0.05) is 11.6 Å². The standard InChI is InChI=1S/C23H17ClF2N2O2S/c1-23(2,29)19-10-4-14(12-27-19)20-22(31-16-7-5-15(24)6-8-16)30-21(28-20)13-3-9-17(25)18(26)11-13/h3-12,29H,1-2H3. The van der Waals surface area contributed by atoms with Crippen LogP contribution in [0.1, 0.15) is 19.5 Å². The monoisotopic (exact) mass is 458 g/mol. The Morgan fingerprint density at radius 2 is 1.68 bits per heavy atom. The van der Waals surface area contributed by atoms with E-state index in [4.69, 9.17) is 16.0 Å². The maximum Gasteiger partial charge on any atom is 0.228 e. The summed E-state index contributed by atoms with van der Waals surface area (Å²) in [5, 5.41) is 11.2. The molecule has 0 aliphatic heterocycles. The van der Waals surface area contributed by atoms with Crippen molar-refractivity contribution in [3.8, 4) is 22.7 Å². The number of nitrogens with zero attached hydrogens (tertiary/aromatic N) is 2. The van der Waals surface area contributed by atoms with Gasteiger partial charge in [0.1, 0.15) is 11.3 Å². The first-order chi connectivity index (χ1) is 14.7. The van der Waals surface area contributed by atoms with E-state index in [0.717, 1.165) is 17.0 Å². The molecule has 31 heavy (non-hydrogen) atoms. The van der Waals surface area contributed by atoms with Gasteiger partial charge in [-0.15, -0.1) is 0 Å². The minimum absolute atomic E-state index is 0.150. The SMILES string of the molecule is CC(C)(O)c1ccc(-c2nc(-c3ccc(F)c(F)c3)oc2Sc2ccc(Cl)cc2)cn1. The van der Waals surface area contributed by atoms with Crippen LogP contribution >= 0.6 is 23.4 Å². The van der Waals surface area contributed by atoms with Gasteiger partial charge < -0.3 is 9.52 Å². The molecule has 0 atom stereocenters. The van der Waals surface area contributed by atoms with Gasteiger partial charge in [-0.2, -0.15) is 0 Å². The fourth-order valence-corrected chi connectivity index (χ4v) is 3.81. The summed E-state index contributed by atoms with van der Waals surface area (Å²) in [6.45, 7) is 3.29. The molecule has 0 bridgehead atoms. The molecule has 8 heteroatoms. The van der Waals surface area contributed by atoms with Crippen LogP contribution in [0, 0.1) is 11.6 Å². The van der Waals surface area contributed by atoms with Gasteiger partial charge in [0.25, 0.3) is 0 Å². The Kier molecular flexibility index (Phi) is 5.83. The second kappa shape index (κ2) is 8.42. The normalized spacial score (nSPS) is 11.7. The van der Waals surface area contributed by atoms with Gasteiger partial charge in [-0.05, 0) is 80.2 Å². The van der Waals surface area contributed by atoms with E-state index in [2.05, 4.69) is 9.97 Å². The fourth-order valence-electron chi connectivity index (χ4n) is 2.82. The molecular formula is C23H17ClF2N2O2S. The number of aromatic nitrogens is 2. The number of halogens is 3. The molecule has 4 rings (SSSR count). The predicted octanol–water partition coefficient (Wildman–Crippen LogP) is 6.71. The van der Waals surface area contributed by atoms with Crippen molar-refractivity contribution < 1.29 is 18.3 Å². The van der Waals surface area contributed by atoms with Crippen LogP contribution < -0.4 is 0 Å². The molecule has 0 saturated heterocycles. The summed E-state index contributed by atoms with van der Waals surface area (Å²) < 4.78 is 33.0. The summed E-state index contributed by atoms with van der Waals surface area (Å²) in [4.78, 5) is 9.71. The molecule has 2 aromatic heterocycles. The maximum atomic E-state index is 13.7. The van der Waals surface area contributed by atoms with Crippen LogP contribution in [0.3, 0.4) is 0 Å². The maximum absolute atomic E-state index is 13.7. The van der Waals surface area contributed by atoms with Crippen LogP contribution in [-0.4, -0.2) is 15.1 Å². The second-order valence-corrected chi connectivity index (χ2v) is 8.81. The fraction of sp³-hybridized carbons (Fsp3) is 0.130. The van der Waals surface area contributed by atoms with Crippen molar-refractivity contribution in [1.29, 1.82) is 0 Å². The Bertz CT molecular complexity index is 1220. The number of benzene rings is 2. The number of oxazole rings is 1. The zero-order valence-electron chi connectivity index (χ0n) is 16.6. The van der Waals surface area contributed by atoms with E-state index in [1.54, 1.807) is 44.3 Å². The van der Waals surface area contributed by atoms with E-state index in [1.807, 2.05) is 12.1 Å². The average Bonchev–Trinajstić information content (AvgIpc) is 3.15. The first-order valence-corrected chi connectivity index (χ1v) is 10.5. The number of pyridine rings is 1. The minimum Gasteiger partial charge on any atom is -0.429 e. The first kappa shape index (κ1) is 21.5. The molecule has 4 aromatic rings. The number of hydrogen-bond donors (Lipinski definition) is 1. The predicted molar refractivity (Wildman–Crippen MR) is 116 cm³/mol. The van der Waals surface area contributed by atoms with Crippen molar-refractivity contribution in [2.24, 2.45) is 0 Å². The Morgan fingerprint density at radius 3 is 2.29 bits per heavy atom. The highest BCUT2D eigenvalue weighted by Crippen LogP contribution is 2.39. The van der Waals surface area contributed by atoms with Gasteiger partial charge in [0.2, 0.25) is 5.89 Å². The number of hydrogen-bond acceptors (Lipinski definition) is 5. The van der Waals surface area contributed by atoms with Crippen LogP contribution in [0.4, 0.5) is 8.78 Å². The summed E-state index contributed by atoms with van der Waals surface area (Å²) in [7, 11) is 0. The molecule has 0 spiro atoms. The van der Waals surface area contributed by atoms with Crippen LogP contribution in [-0.2, 0) is 5.60 Å². The quantitative estimate of drug-likeness (QED) is 0.360. The summed E-state index contributed by atoms with van der Waals surface area (Å²) >= 11 is 7.28. The molecule has 158 valence electrons. The molecule has 1 N–H and O–H groups in total. The molecule has 2 heterocycles. The van der Waals surface area contributed by atoms with Gasteiger partial charge in [-0.3, -0.25) is 4.98 Å². The molecule has 4 nitrogen and oxygen atoms in total. The van der Waals surface area contributed by atoms with Crippen LogP contribution in [0.5, 0.6) is 0 Å². The topological polar surface area (TPSA) is 59.2 Å². The summed E-state index contributed by atoms with van der Waals surface area (Å²) in [6, 6.07) is 14.2. The lowest BCUT2D eigenvalue weighted by atomic mass is 10.0. The largest absolute Gasteiger partial charge is 0.429 e. The van der Waals surface area contributed by atoms with Gasteiger partial charge in [-0.25, -0.2) is 13.8 Å². The molecule has 0 amide bonds. The van der Waals surface area contributed by atoms with Gasteiger partial charge in [0.15, 0.2) is 16.7 Å². The average molecular weight is 459 g/mol. The third-order valence-electron chi connectivity index (χ3n) is 4.45.